The minimum absolute atomic E-state index is 0.307. The van der Waals surface area contributed by atoms with E-state index in [9.17, 15) is 0 Å². The maximum atomic E-state index is 6.04. The van der Waals surface area contributed by atoms with Gasteiger partial charge in [0.2, 0.25) is 0 Å². The molecule has 0 aromatic heterocycles. The maximum absolute atomic E-state index is 6.04. The van der Waals surface area contributed by atoms with Gasteiger partial charge in [-0.1, -0.05) is 31.2 Å². The summed E-state index contributed by atoms with van der Waals surface area (Å²) < 4.78 is 11.3. The Morgan fingerprint density at radius 1 is 1.00 bits per heavy atom. The van der Waals surface area contributed by atoms with Crippen molar-refractivity contribution in [2.75, 3.05) is 19.8 Å². The first kappa shape index (κ1) is 18.3. The molecule has 2 aromatic rings. The Hall–Kier alpha value is -2.00. The van der Waals surface area contributed by atoms with Crippen LogP contribution in [0.2, 0.25) is 0 Å². The number of nitrogens with two attached hydrogens (primary N) is 1. The zero-order valence-electron chi connectivity index (χ0n) is 15.0. The summed E-state index contributed by atoms with van der Waals surface area (Å²) in [5, 5.41) is 0. The summed E-state index contributed by atoms with van der Waals surface area (Å²) >= 11 is 0. The third-order valence-electron chi connectivity index (χ3n) is 4.13. The number of hydrogen-bond donors (Lipinski definition) is 1. The number of aryl methyl sites for hydroxylation is 1. The van der Waals surface area contributed by atoms with Crippen molar-refractivity contribution in [3.05, 3.63) is 59.2 Å². The van der Waals surface area contributed by atoms with Crippen LogP contribution in [0.4, 0.5) is 0 Å². The summed E-state index contributed by atoms with van der Waals surface area (Å²) in [5.74, 6) is 2.19. The van der Waals surface area contributed by atoms with Crippen molar-refractivity contribution in [3.8, 4) is 11.5 Å². The van der Waals surface area contributed by atoms with Gasteiger partial charge in [-0.15, -0.1) is 0 Å². The van der Waals surface area contributed by atoms with E-state index >= 15 is 0 Å². The van der Waals surface area contributed by atoms with Crippen LogP contribution < -0.4 is 15.2 Å². The number of ether oxygens (including phenoxy) is 2. The highest BCUT2D eigenvalue weighted by Crippen LogP contribution is 2.26. The summed E-state index contributed by atoms with van der Waals surface area (Å²) in [5.41, 5.74) is 9.75. The standard InChI is InChI=1S/C21H29NO2/c1-4-12-24-20-9-6-17(7-10-20)14-19(15-22)18-8-11-21(23-5-2)16(3)13-18/h6-11,13,19H,4-5,12,14-15,22H2,1-3H3. The van der Waals surface area contributed by atoms with E-state index in [-0.39, 0.29) is 0 Å². The van der Waals surface area contributed by atoms with Gasteiger partial charge >= 0.3 is 0 Å². The molecule has 0 aliphatic rings. The molecule has 0 bridgehead atoms. The molecule has 0 spiro atoms. The largest absolute Gasteiger partial charge is 0.494 e. The fourth-order valence-electron chi connectivity index (χ4n) is 2.81. The van der Waals surface area contributed by atoms with Gasteiger partial charge < -0.3 is 15.2 Å². The van der Waals surface area contributed by atoms with Gasteiger partial charge in [0.15, 0.2) is 0 Å². The van der Waals surface area contributed by atoms with Gasteiger partial charge in [0.25, 0.3) is 0 Å². The predicted molar refractivity (Wildman–Crippen MR) is 100 cm³/mol. The lowest BCUT2D eigenvalue weighted by atomic mass is 9.91. The number of rotatable bonds is 9. The van der Waals surface area contributed by atoms with Crippen LogP contribution in [0, 0.1) is 6.92 Å². The third-order valence-corrected chi connectivity index (χ3v) is 4.13. The molecule has 3 nitrogen and oxygen atoms in total. The fourth-order valence-corrected chi connectivity index (χ4v) is 2.81. The van der Waals surface area contributed by atoms with Crippen LogP contribution in [0.15, 0.2) is 42.5 Å². The summed E-state index contributed by atoms with van der Waals surface area (Å²) in [6.45, 7) is 8.27. The van der Waals surface area contributed by atoms with Crippen LogP contribution >= 0.6 is 0 Å². The smallest absolute Gasteiger partial charge is 0.122 e. The van der Waals surface area contributed by atoms with E-state index in [0.717, 1.165) is 36.5 Å². The van der Waals surface area contributed by atoms with Gasteiger partial charge in [0.1, 0.15) is 11.5 Å². The zero-order valence-corrected chi connectivity index (χ0v) is 15.0. The molecule has 24 heavy (non-hydrogen) atoms. The first-order valence-corrected chi connectivity index (χ1v) is 8.83. The summed E-state index contributed by atoms with van der Waals surface area (Å²) in [7, 11) is 0. The Kier molecular flexibility index (Phi) is 7.13. The van der Waals surface area contributed by atoms with Gasteiger partial charge in [0.05, 0.1) is 13.2 Å². The van der Waals surface area contributed by atoms with Gasteiger partial charge in [-0.05, 0) is 68.1 Å². The van der Waals surface area contributed by atoms with Crippen molar-refractivity contribution in [1.29, 1.82) is 0 Å². The van der Waals surface area contributed by atoms with Crippen molar-refractivity contribution >= 4 is 0 Å². The Bertz CT molecular complexity index is 622. The zero-order chi connectivity index (χ0) is 17.4. The molecular weight excluding hydrogens is 298 g/mol. The monoisotopic (exact) mass is 327 g/mol. The SMILES string of the molecule is CCCOc1ccc(CC(CN)c2ccc(OCC)c(C)c2)cc1. The first-order chi connectivity index (χ1) is 11.7. The molecule has 2 rings (SSSR count). The molecule has 2 N–H and O–H groups in total. The van der Waals surface area contributed by atoms with E-state index < -0.39 is 0 Å². The predicted octanol–water partition coefficient (Wildman–Crippen LogP) is 4.47. The second-order valence-electron chi connectivity index (χ2n) is 6.09. The summed E-state index contributed by atoms with van der Waals surface area (Å²) in [6, 6.07) is 14.7. The van der Waals surface area contributed by atoms with Crippen molar-refractivity contribution in [3.63, 3.8) is 0 Å². The Labute approximate surface area is 145 Å². The van der Waals surface area contributed by atoms with Crippen LogP contribution in [-0.4, -0.2) is 19.8 Å². The molecule has 1 unspecified atom stereocenters. The maximum Gasteiger partial charge on any atom is 0.122 e. The van der Waals surface area contributed by atoms with Crippen molar-refractivity contribution in [2.45, 2.75) is 39.5 Å². The molecule has 0 heterocycles. The molecule has 1 atom stereocenters. The molecular formula is C21H29NO2. The Balaban J connectivity index is 2.07. The molecule has 0 radical (unpaired) electrons. The Morgan fingerprint density at radius 2 is 1.75 bits per heavy atom. The molecule has 0 aliphatic carbocycles. The van der Waals surface area contributed by atoms with Crippen LogP contribution in [0.5, 0.6) is 11.5 Å². The lowest BCUT2D eigenvalue weighted by molar-refractivity contribution is 0.317. The molecule has 0 fully saturated rings. The summed E-state index contributed by atoms with van der Waals surface area (Å²) in [4.78, 5) is 0. The molecule has 2 aromatic carbocycles. The molecule has 3 heteroatoms. The highest BCUT2D eigenvalue weighted by atomic mass is 16.5. The van der Waals surface area contributed by atoms with Gasteiger partial charge in [-0.25, -0.2) is 0 Å². The van der Waals surface area contributed by atoms with Crippen LogP contribution in [0.3, 0.4) is 0 Å². The topological polar surface area (TPSA) is 44.5 Å². The van der Waals surface area contributed by atoms with Crippen LogP contribution in [0.1, 0.15) is 42.9 Å². The lowest BCUT2D eigenvalue weighted by Crippen LogP contribution is -2.15. The normalized spacial score (nSPS) is 12.0. The van der Waals surface area contributed by atoms with Crippen molar-refractivity contribution < 1.29 is 9.47 Å². The van der Waals surface area contributed by atoms with Gasteiger partial charge in [-0.3, -0.25) is 0 Å². The van der Waals surface area contributed by atoms with Crippen LogP contribution in [0.25, 0.3) is 0 Å². The van der Waals surface area contributed by atoms with E-state index in [1.807, 2.05) is 19.1 Å². The first-order valence-electron chi connectivity index (χ1n) is 8.83. The Morgan fingerprint density at radius 3 is 2.33 bits per heavy atom. The second-order valence-corrected chi connectivity index (χ2v) is 6.09. The van der Waals surface area contributed by atoms with Gasteiger partial charge in [0, 0.05) is 5.92 Å². The molecule has 0 saturated heterocycles. The quantitative estimate of drug-likeness (QED) is 0.739. The summed E-state index contributed by atoms with van der Waals surface area (Å²) in [6.07, 6.45) is 1.95. The third kappa shape index (κ3) is 5.00. The van der Waals surface area contributed by atoms with E-state index in [4.69, 9.17) is 15.2 Å². The van der Waals surface area contributed by atoms with Crippen molar-refractivity contribution in [1.82, 2.24) is 0 Å². The highest BCUT2D eigenvalue weighted by molar-refractivity contribution is 5.38. The minimum Gasteiger partial charge on any atom is -0.494 e. The molecule has 0 aliphatic heterocycles. The van der Waals surface area contributed by atoms with Crippen molar-refractivity contribution in [2.24, 2.45) is 5.73 Å². The van der Waals surface area contributed by atoms with E-state index in [2.05, 4.69) is 44.2 Å². The van der Waals surface area contributed by atoms with E-state index in [1.54, 1.807) is 0 Å². The number of benzene rings is 2. The fraction of sp³-hybridized carbons (Fsp3) is 0.429. The second kappa shape index (κ2) is 9.33. The molecule has 0 amide bonds. The van der Waals surface area contributed by atoms with E-state index in [0.29, 0.717) is 19.1 Å². The molecule has 130 valence electrons. The van der Waals surface area contributed by atoms with Gasteiger partial charge in [-0.2, -0.15) is 0 Å². The highest BCUT2D eigenvalue weighted by Gasteiger charge is 2.12. The molecule has 0 saturated carbocycles. The number of hydrogen-bond acceptors (Lipinski definition) is 3. The lowest BCUT2D eigenvalue weighted by Gasteiger charge is -2.18. The minimum atomic E-state index is 0.307. The van der Waals surface area contributed by atoms with Crippen LogP contribution in [-0.2, 0) is 6.42 Å². The van der Waals surface area contributed by atoms with E-state index in [1.165, 1.54) is 11.1 Å². The average molecular weight is 327 g/mol. The average Bonchev–Trinajstić information content (AvgIpc) is 2.61.